The van der Waals surface area contributed by atoms with Crippen LogP contribution < -0.4 is 21.9 Å². The fourth-order valence-electron chi connectivity index (χ4n) is 2.73. The van der Waals surface area contributed by atoms with E-state index in [1.165, 1.54) is 21.6 Å². The summed E-state index contributed by atoms with van der Waals surface area (Å²) in [6.45, 7) is 0.604. The highest BCUT2D eigenvalue weighted by Crippen LogP contribution is 2.16. The van der Waals surface area contributed by atoms with Gasteiger partial charge >= 0.3 is 5.97 Å². The molecule has 26 heavy (non-hydrogen) atoms. The van der Waals surface area contributed by atoms with Crippen molar-refractivity contribution in [1.82, 2.24) is 0 Å². The van der Waals surface area contributed by atoms with Gasteiger partial charge in [0, 0.05) is 0 Å². The van der Waals surface area contributed by atoms with Crippen molar-refractivity contribution >= 4 is 17.6 Å². The molecule has 1 aromatic carbocycles. The summed E-state index contributed by atoms with van der Waals surface area (Å²) < 4.78 is 0. The molecule has 0 fully saturated rings. The van der Waals surface area contributed by atoms with Crippen LogP contribution in [-0.2, 0) is 4.79 Å². The van der Waals surface area contributed by atoms with Crippen LogP contribution in [0.15, 0.2) is 72.4 Å². The van der Waals surface area contributed by atoms with Gasteiger partial charge in [-0.3, -0.25) is 4.79 Å². The molecule has 5 N–H and O–H groups in total. The van der Waals surface area contributed by atoms with Crippen LogP contribution in [0.2, 0.25) is 0 Å². The van der Waals surface area contributed by atoms with Crippen molar-refractivity contribution in [3.05, 3.63) is 82.8 Å². The highest BCUT2D eigenvalue weighted by atomic mass is 16.4. The SMILES string of the molecule is C1=CC=C2C=CC=c3ccccc3=C2C=C1.NCCCC[C@H](N)C(=O)O. The zero-order chi connectivity index (χ0) is 18.8. The lowest BCUT2D eigenvalue weighted by atomic mass is 10.0. The highest BCUT2D eigenvalue weighted by Gasteiger charge is 2.09. The van der Waals surface area contributed by atoms with Crippen LogP contribution in [-0.4, -0.2) is 23.7 Å². The number of benzene rings is 1. The Morgan fingerprint density at radius 3 is 2.58 bits per heavy atom. The van der Waals surface area contributed by atoms with E-state index in [4.69, 9.17) is 16.6 Å². The summed E-state index contributed by atoms with van der Waals surface area (Å²) in [6, 6.07) is 7.79. The van der Waals surface area contributed by atoms with Gasteiger partial charge in [-0.25, -0.2) is 0 Å². The molecule has 2 aliphatic carbocycles. The molecule has 0 spiro atoms. The smallest absolute Gasteiger partial charge is 0.320 e. The molecule has 0 saturated carbocycles. The number of fused-ring (bicyclic) bond motifs is 2. The van der Waals surface area contributed by atoms with Gasteiger partial charge in [-0.05, 0) is 41.0 Å². The number of carbonyl (C=O) groups is 1. The van der Waals surface area contributed by atoms with Crippen molar-refractivity contribution in [3.63, 3.8) is 0 Å². The van der Waals surface area contributed by atoms with E-state index in [-0.39, 0.29) is 0 Å². The molecule has 0 unspecified atom stereocenters. The van der Waals surface area contributed by atoms with Crippen LogP contribution in [0.3, 0.4) is 0 Å². The minimum Gasteiger partial charge on any atom is -0.480 e. The van der Waals surface area contributed by atoms with Gasteiger partial charge in [0.1, 0.15) is 6.04 Å². The van der Waals surface area contributed by atoms with Gasteiger partial charge in [0.2, 0.25) is 0 Å². The van der Waals surface area contributed by atoms with E-state index < -0.39 is 12.0 Å². The maximum atomic E-state index is 10.1. The van der Waals surface area contributed by atoms with E-state index in [9.17, 15) is 4.79 Å². The molecular weight excluding hydrogens is 324 g/mol. The number of unbranched alkanes of at least 4 members (excludes halogenated alkanes) is 1. The third-order valence-corrected chi connectivity index (χ3v) is 4.16. The van der Waals surface area contributed by atoms with Crippen LogP contribution >= 0.6 is 0 Å². The highest BCUT2D eigenvalue weighted by molar-refractivity contribution is 5.79. The van der Waals surface area contributed by atoms with Crippen LogP contribution in [0, 0.1) is 0 Å². The summed E-state index contributed by atoms with van der Waals surface area (Å²) in [4.78, 5) is 10.1. The summed E-state index contributed by atoms with van der Waals surface area (Å²) in [5, 5.41) is 10.9. The topological polar surface area (TPSA) is 89.3 Å². The zero-order valence-corrected chi connectivity index (χ0v) is 14.8. The van der Waals surface area contributed by atoms with E-state index >= 15 is 0 Å². The van der Waals surface area contributed by atoms with Gasteiger partial charge in [-0.2, -0.15) is 0 Å². The third kappa shape index (κ3) is 5.69. The summed E-state index contributed by atoms with van der Waals surface area (Å²) >= 11 is 0. The lowest BCUT2D eigenvalue weighted by molar-refractivity contribution is -0.138. The van der Waals surface area contributed by atoms with E-state index in [0.717, 1.165) is 12.8 Å². The standard InChI is InChI=1S/C16H12.C6H14N2O2/c1-2-7-13-9-6-10-14-8-4-5-12-16(14)15(13)11-3-1;7-4-2-1-3-5(8)6(9)10/h1-12H;5H,1-4,7-8H2,(H,9,10)/t;5-/m.0/s1. The molecule has 1 atom stereocenters. The van der Waals surface area contributed by atoms with Crippen molar-refractivity contribution in [3.8, 4) is 0 Å². The van der Waals surface area contributed by atoms with E-state index in [1.807, 2.05) is 0 Å². The second-order valence-corrected chi connectivity index (χ2v) is 6.12. The van der Waals surface area contributed by atoms with Gasteiger partial charge in [0.05, 0.1) is 0 Å². The molecule has 0 saturated heterocycles. The Kier molecular flexibility index (Phi) is 7.80. The number of hydrogen-bond acceptors (Lipinski definition) is 3. The minimum absolute atomic E-state index is 0.520. The third-order valence-electron chi connectivity index (χ3n) is 4.16. The Bertz CT molecular complexity index is 860. The molecule has 3 rings (SSSR count). The summed E-state index contributed by atoms with van der Waals surface area (Å²) in [6.07, 6.45) is 19.2. The van der Waals surface area contributed by atoms with Crippen LogP contribution in [0.4, 0.5) is 0 Å². The van der Waals surface area contributed by atoms with E-state index in [2.05, 4.69) is 72.9 Å². The molecule has 4 nitrogen and oxygen atoms in total. The van der Waals surface area contributed by atoms with Gasteiger partial charge in [0.15, 0.2) is 0 Å². The normalized spacial score (nSPS) is 15.3. The first-order valence-electron chi connectivity index (χ1n) is 8.85. The quantitative estimate of drug-likeness (QED) is 0.706. The van der Waals surface area contributed by atoms with Crippen LogP contribution in [0.5, 0.6) is 0 Å². The Balaban J connectivity index is 0.000000213. The lowest BCUT2D eigenvalue weighted by Gasteiger charge is -2.03. The number of aliphatic carboxylic acids is 1. The fraction of sp³-hybridized carbons (Fsp3) is 0.227. The van der Waals surface area contributed by atoms with Gasteiger partial charge < -0.3 is 16.6 Å². The predicted molar refractivity (Wildman–Crippen MR) is 108 cm³/mol. The molecule has 1 aromatic rings. The van der Waals surface area contributed by atoms with Crippen molar-refractivity contribution in [2.75, 3.05) is 6.54 Å². The Labute approximate surface area is 154 Å². The minimum atomic E-state index is -0.933. The van der Waals surface area contributed by atoms with Gasteiger partial charge in [0.25, 0.3) is 0 Å². The number of rotatable bonds is 5. The first-order chi connectivity index (χ1) is 12.6. The number of hydrogen-bond donors (Lipinski definition) is 3. The van der Waals surface area contributed by atoms with Crippen LogP contribution in [0.25, 0.3) is 11.6 Å². The summed E-state index contributed by atoms with van der Waals surface area (Å²) in [5.41, 5.74) is 13.0. The molecule has 0 aromatic heterocycles. The van der Waals surface area contributed by atoms with Crippen LogP contribution in [0.1, 0.15) is 19.3 Å². The second kappa shape index (κ2) is 10.3. The van der Waals surface area contributed by atoms with Gasteiger partial charge in [-0.15, -0.1) is 0 Å². The molecule has 136 valence electrons. The molecule has 0 heterocycles. The fourth-order valence-corrected chi connectivity index (χ4v) is 2.73. The average Bonchev–Trinajstić information content (AvgIpc) is 2.97. The maximum Gasteiger partial charge on any atom is 0.320 e. The molecular formula is C22H26N2O2. The molecule has 0 bridgehead atoms. The monoisotopic (exact) mass is 350 g/mol. The number of carboxylic acid groups (broad SMARTS) is 1. The number of allylic oxidation sites excluding steroid dienone is 8. The lowest BCUT2D eigenvalue weighted by Crippen LogP contribution is -2.29. The zero-order valence-electron chi connectivity index (χ0n) is 14.8. The molecule has 0 amide bonds. The van der Waals surface area contributed by atoms with Crippen molar-refractivity contribution in [2.24, 2.45) is 11.5 Å². The first-order valence-corrected chi connectivity index (χ1v) is 8.85. The average molecular weight is 350 g/mol. The second-order valence-electron chi connectivity index (χ2n) is 6.12. The molecule has 2 aliphatic rings. The van der Waals surface area contributed by atoms with E-state index in [0.29, 0.717) is 13.0 Å². The number of nitrogens with two attached hydrogens (primary N) is 2. The van der Waals surface area contributed by atoms with Gasteiger partial charge in [-0.1, -0.05) is 79.3 Å². The predicted octanol–water partition coefficient (Wildman–Crippen LogP) is 1.77. The number of carboxylic acids is 1. The molecule has 0 aliphatic heterocycles. The summed E-state index contributed by atoms with van der Waals surface area (Å²) in [5.74, 6) is -0.933. The van der Waals surface area contributed by atoms with E-state index in [1.54, 1.807) is 0 Å². The largest absolute Gasteiger partial charge is 0.480 e. The Hall–Kier alpha value is -2.69. The Morgan fingerprint density at radius 2 is 1.81 bits per heavy atom. The van der Waals surface area contributed by atoms with Crippen molar-refractivity contribution < 1.29 is 9.90 Å². The van der Waals surface area contributed by atoms with Crippen molar-refractivity contribution in [2.45, 2.75) is 25.3 Å². The maximum absolute atomic E-state index is 10.1. The summed E-state index contributed by atoms with van der Waals surface area (Å²) in [7, 11) is 0. The molecule has 4 heteroatoms. The first kappa shape index (κ1) is 19.6. The Morgan fingerprint density at radius 1 is 1.00 bits per heavy atom. The van der Waals surface area contributed by atoms with Crippen molar-refractivity contribution in [1.29, 1.82) is 0 Å². The molecule has 0 radical (unpaired) electrons.